The van der Waals surface area contributed by atoms with Gasteiger partial charge in [0, 0.05) is 16.6 Å². The maximum absolute atomic E-state index is 14.0. The monoisotopic (exact) mass is 745 g/mol. The van der Waals surface area contributed by atoms with Gasteiger partial charge < -0.3 is 14.2 Å². The number of esters is 1. The van der Waals surface area contributed by atoms with Gasteiger partial charge in [-0.2, -0.15) is 0 Å². The van der Waals surface area contributed by atoms with Crippen molar-refractivity contribution in [1.82, 2.24) is 4.57 Å². The van der Waals surface area contributed by atoms with Crippen LogP contribution in [0.1, 0.15) is 43.5 Å². The van der Waals surface area contributed by atoms with Gasteiger partial charge in [-0.05, 0) is 67.8 Å². The van der Waals surface area contributed by atoms with Crippen LogP contribution < -0.4 is 24.4 Å². The number of methoxy groups -OCH3 is 1. The highest BCUT2D eigenvalue weighted by Gasteiger charge is 2.34. The van der Waals surface area contributed by atoms with E-state index in [9.17, 15) is 19.7 Å². The molecule has 10 nitrogen and oxygen atoms in total. The Morgan fingerprint density at radius 1 is 1.15 bits per heavy atom. The van der Waals surface area contributed by atoms with Gasteiger partial charge in [0.2, 0.25) is 0 Å². The summed E-state index contributed by atoms with van der Waals surface area (Å²) in [7, 11) is 1.51. The van der Waals surface area contributed by atoms with Crippen molar-refractivity contribution < 1.29 is 23.9 Å². The molecule has 0 aliphatic carbocycles. The molecule has 3 aromatic carbocycles. The lowest BCUT2D eigenvalue weighted by molar-refractivity contribution is -0.384. The highest BCUT2D eigenvalue weighted by atomic mass is 79.9. The summed E-state index contributed by atoms with van der Waals surface area (Å²) in [4.78, 5) is 43.4. The lowest BCUT2D eigenvalue weighted by Crippen LogP contribution is -2.40. The molecule has 0 amide bonds. The summed E-state index contributed by atoms with van der Waals surface area (Å²) in [5, 5.41) is 12.5. The smallest absolute Gasteiger partial charge is 0.338 e. The van der Waals surface area contributed by atoms with E-state index in [1.807, 2.05) is 0 Å². The van der Waals surface area contributed by atoms with Crippen LogP contribution in [0.2, 0.25) is 10.0 Å². The van der Waals surface area contributed by atoms with Crippen LogP contribution in [0.5, 0.6) is 11.5 Å². The second kappa shape index (κ2) is 13.8. The van der Waals surface area contributed by atoms with Crippen LogP contribution in [-0.4, -0.2) is 28.7 Å². The number of halogens is 3. The van der Waals surface area contributed by atoms with Crippen molar-refractivity contribution >= 4 is 68.2 Å². The van der Waals surface area contributed by atoms with Crippen LogP contribution in [0.25, 0.3) is 6.08 Å². The third kappa shape index (κ3) is 6.90. The average Bonchev–Trinajstić information content (AvgIpc) is 3.31. The number of hydrogen-bond acceptors (Lipinski definition) is 9. The average molecular weight is 747 g/mol. The minimum atomic E-state index is -1.00. The summed E-state index contributed by atoms with van der Waals surface area (Å²) in [5.74, 6) is 0.214. The van der Waals surface area contributed by atoms with Crippen LogP contribution >= 0.6 is 50.5 Å². The van der Waals surface area contributed by atoms with E-state index in [0.717, 1.165) is 16.9 Å². The van der Waals surface area contributed by atoms with E-state index in [2.05, 4.69) is 20.9 Å². The standard InChI is InChI=1S/C32H26BrCl2N3O7S/c1-16(2)45-31(40)28-17(3)36-32-37(29(28)19-6-5-7-21(11-19)38(41)42)30(39)27(46-32)13-20-12-25(43-4)26(14-22(20)33)44-15-18-8-9-23(34)24(35)10-18/h5-14,16,29H,15H2,1-4H3/b27-13+/t29-/m0/s1. The fraction of sp³-hybridized carbons (Fsp3) is 0.219. The number of nitro groups is 1. The first kappa shape index (κ1) is 33.4. The quantitative estimate of drug-likeness (QED) is 0.106. The molecule has 238 valence electrons. The summed E-state index contributed by atoms with van der Waals surface area (Å²) in [6, 6.07) is 13.5. The van der Waals surface area contributed by atoms with Gasteiger partial charge in [-0.3, -0.25) is 19.5 Å². The first-order chi connectivity index (χ1) is 21.9. The Bertz CT molecular complexity index is 2090. The number of carbonyl (C=O) groups is 1. The SMILES string of the molecule is COc1cc(/C=c2/sc3n(c2=O)[C@@H](c2cccc([N+](=O)[O-])c2)C(C(=O)OC(C)C)=C(C)N=3)c(Br)cc1OCc1ccc(Cl)c(Cl)c1. The van der Waals surface area contributed by atoms with Gasteiger partial charge >= 0.3 is 5.97 Å². The minimum Gasteiger partial charge on any atom is -0.493 e. The number of thiazole rings is 1. The van der Waals surface area contributed by atoms with E-state index >= 15 is 0 Å². The summed E-state index contributed by atoms with van der Waals surface area (Å²) in [5.41, 5.74) is 1.66. The maximum Gasteiger partial charge on any atom is 0.338 e. The molecule has 0 bridgehead atoms. The summed E-state index contributed by atoms with van der Waals surface area (Å²) in [6.07, 6.45) is 1.24. The predicted molar refractivity (Wildman–Crippen MR) is 180 cm³/mol. The summed E-state index contributed by atoms with van der Waals surface area (Å²) < 4.78 is 19.4. The van der Waals surface area contributed by atoms with E-state index in [-0.39, 0.29) is 17.9 Å². The number of ether oxygens (including phenoxy) is 3. The molecule has 4 aromatic rings. The van der Waals surface area contributed by atoms with Crippen LogP contribution in [0.3, 0.4) is 0 Å². The summed E-state index contributed by atoms with van der Waals surface area (Å²) >= 11 is 16.9. The van der Waals surface area contributed by atoms with Gasteiger partial charge in [-0.1, -0.05) is 68.7 Å². The number of fused-ring (bicyclic) bond motifs is 1. The van der Waals surface area contributed by atoms with Gasteiger partial charge in [0.15, 0.2) is 16.3 Å². The molecule has 1 aliphatic heterocycles. The van der Waals surface area contributed by atoms with Crippen molar-refractivity contribution in [2.75, 3.05) is 7.11 Å². The van der Waals surface area contributed by atoms with E-state index < -0.39 is 28.6 Å². The molecule has 0 unspecified atom stereocenters. The normalized spacial score (nSPS) is 14.6. The molecule has 5 rings (SSSR count). The van der Waals surface area contributed by atoms with E-state index in [1.165, 1.54) is 29.9 Å². The molecule has 0 radical (unpaired) electrons. The number of nitro benzene ring substituents is 1. The number of carbonyl (C=O) groups excluding carboxylic acids is 1. The molecule has 0 fully saturated rings. The molecule has 14 heteroatoms. The van der Waals surface area contributed by atoms with Crippen LogP contribution in [-0.2, 0) is 16.1 Å². The number of non-ortho nitro benzene ring substituents is 1. The van der Waals surface area contributed by atoms with Gasteiger partial charge in [0.05, 0.1) is 50.0 Å². The highest BCUT2D eigenvalue weighted by molar-refractivity contribution is 9.10. The maximum atomic E-state index is 14.0. The van der Waals surface area contributed by atoms with Gasteiger partial charge in [0.25, 0.3) is 11.2 Å². The van der Waals surface area contributed by atoms with E-state index in [0.29, 0.717) is 52.2 Å². The van der Waals surface area contributed by atoms with Crippen molar-refractivity contribution in [3.63, 3.8) is 0 Å². The molecular weight excluding hydrogens is 721 g/mol. The largest absolute Gasteiger partial charge is 0.493 e. The number of benzene rings is 3. The Morgan fingerprint density at radius 2 is 1.91 bits per heavy atom. The molecule has 2 heterocycles. The fourth-order valence-electron chi connectivity index (χ4n) is 4.85. The van der Waals surface area contributed by atoms with Crippen molar-refractivity contribution in [2.45, 2.75) is 39.5 Å². The topological polar surface area (TPSA) is 122 Å². The van der Waals surface area contributed by atoms with Gasteiger partial charge in [0.1, 0.15) is 6.61 Å². The Labute approximate surface area is 285 Å². The molecule has 0 spiro atoms. The zero-order valence-electron chi connectivity index (χ0n) is 24.9. The lowest BCUT2D eigenvalue weighted by Gasteiger charge is -2.25. The number of allylic oxidation sites excluding steroid dienone is 1. The minimum absolute atomic E-state index is 0.125. The number of nitrogens with zero attached hydrogens (tertiary/aromatic N) is 3. The first-order valence-electron chi connectivity index (χ1n) is 13.8. The number of hydrogen-bond donors (Lipinski definition) is 0. The molecule has 0 N–H and O–H groups in total. The Hall–Kier alpha value is -3.97. The van der Waals surface area contributed by atoms with E-state index in [4.69, 9.17) is 37.4 Å². The second-order valence-electron chi connectivity index (χ2n) is 10.4. The third-order valence-corrected chi connectivity index (χ3v) is 9.34. The van der Waals surface area contributed by atoms with Crippen LogP contribution in [0, 0.1) is 10.1 Å². The Morgan fingerprint density at radius 3 is 2.59 bits per heavy atom. The summed E-state index contributed by atoms with van der Waals surface area (Å²) in [6.45, 7) is 5.27. The van der Waals surface area contributed by atoms with Crippen molar-refractivity contribution in [3.8, 4) is 11.5 Å². The third-order valence-electron chi connectivity index (χ3n) is 6.93. The van der Waals surface area contributed by atoms with Crippen molar-refractivity contribution in [3.05, 3.63) is 127 Å². The van der Waals surface area contributed by atoms with Crippen molar-refractivity contribution in [1.29, 1.82) is 0 Å². The number of rotatable bonds is 9. The highest BCUT2D eigenvalue weighted by Crippen LogP contribution is 2.36. The fourth-order valence-corrected chi connectivity index (χ4v) is 6.64. The Balaban J connectivity index is 1.59. The zero-order valence-corrected chi connectivity index (χ0v) is 28.8. The lowest BCUT2D eigenvalue weighted by atomic mass is 9.95. The molecule has 46 heavy (non-hydrogen) atoms. The van der Waals surface area contributed by atoms with Crippen LogP contribution in [0.15, 0.2) is 80.1 Å². The first-order valence-corrected chi connectivity index (χ1v) is 16.2. The van der Waals surface area contributed by atoms with Crippen LogP contribution in [0.4, 0.5) is 5.69 Å². The molecule has 1 aliphatic rings. The molecule has 1 atom stereocenters. The molecular formula is C32H26BrCl2N3O7S. The predicted octanol–water partition coefficient (Wildman–Crippen LogP) is 6.75. The zero-order chi connectivity index (χ0) is 33.3. The van der Waals surface area contributed by atoms with Crippen molar-refractivity contribution in [2.24, 2.45) is 4.99 Å². The van der Waals surface area contributed by atoms with E-state index in [1.54, 1.807) is 63.2 Å². The van der Waals surface area contributed by atoms with Gasteiger partial charge in [-0.15, -0.1) is 0 Å². The molecule has 1 aromatic heterocycles. The number of aromatic nitrogens is 1. The van der Waals surface area contributed by atoms with Gasteiger partial charge in [-0.25, -0.2) is 9.79 Å². The molecule has 0 saturated heterocycles. The second-order valence-corrected chi connectivity index (χ2v) is 13.1. The molecule has 0 saturated carbocycles. The Kier molecular flexibility index (Phi) is 10.0.